The number of hydrogen-bond donors (Lipinski definition) is 1. The van der Waals surface area contributed by atoms with Crippen LogP contribution in [0.15, 0.2) is 60.7 Å². The summed E-state index contributed by atoms with van der Waals surface area (Å²) >= 11 is 0. The van der Waals surface area contributed by atoms with Crippen LogP contribution in [0.25, 0.3) is 22.5 Å². The van der Waals surface area contributed by atoms with E-state index in [-0.39, 0.29) is 5.95 Å². The first-order chi connectivity index (χ1) is 10.3. The van der Waals surface area contributed by atoms with E-state index in [1.807, 2.05) is 60.7 Å². The van der Waals surface area contributed by atoms with Gasteiger partial charge in [-0.2, -0.15) is 0 Å². The molecule has 0 aliphatic rings. The summed E-state index contributed by atoms with van der Waals surface area (Å²) in [6.45, 7) is 0. The number of nitrogen functional groups attached to an aromatic ring is 1. The number of rotatable bonds is 3. The van der Waals surface area contributed by atoms with Crippen LogP contribution in [0.1, 0.15) is 0 Å². The van der Waals surface area contributed by atoms with Gasteiger partial charge in [0, 0.05) is 11.1 Å². The smallest absolute Gasteiger partial charge is 0.221 e. The third-order valence-corrected chi connectivity index (χ3v) is 3.20. The van der Waals surface area contributed by atoms with Crippen LogP contribution >= 0.6 is 0 Å². The molecule has 4 heteroatoms. The summed E-state index contributed by atoms with van der Waals surface area (Å²) in [6, 6.07) is 19.6. The highest BCUT2D eigenvalue weighted by Crippen LogP contribution is 2.25. The number of nitrogens with zero attached hydrogens (tertiary/aromatic N) is 2. The SMILES string of the molecule is COc1ccc(-c2cc(-c3ccccc3)nc(N)n2)cc1. The number of methoxy groups -OCH3 is 1. The van der Waals surface area contributed by atoms with E-state index in [1.165, 1.54) is 0 Å². The van der Waals surface area contributed by atoms with E-state index in [0.29, 0.717) is 0 Å². The van der Waals surface area contributed by atoms with Crippen LogP contribution in [0.4, 0.5) is 5.95 Å². The lowest BCUT2D eigenvalue weighted by Crippen LogP contribution is -1.98. The molecule has 0 aliphatic carbocycles. The summed E-state index contributed by atoms with van der Waals surface area (Å²) in [5.41, 5.74) is 9.44. The maximum atomic E-state index is 5.84. The van der Waals surface area contributed by atoms with Gasteiger partial charge in [0.25, 0.3) is 0 Å². The zero-order chi connectivity index (χ0) is 14.7. The Morgan fingerprint density at radius 1 is 0.810 bits per heavy atom. The van der Waals surface area contributed by atoms with Gasteiger partial charge in [-0.3, -0.25) is 0 Å². The lowest BCUT2D eigenvalue weighted by molar-refractivity contribution is 0.415. The molecular formula is C17H15N3O. The first-order valence-electron chi connectivity index (χ1n) is 6.60. The minimum Gasteiger partial charge on any atom is -0.497 e. The Bertz CT molecular complexity index is 740. The van der Waals surface area contributed by atoms with Gasteiger partial charge in [-0.1, -0.05) is 30.3 Å². The molecule has 0 aliphatic heterocycles. The molecule has 2 aromatic carbocycles. The first-order valence-corrected chi connectivity index (χ1v) is 6.60. The van der Waals surface area contributed by atoms with Gasteiger partial charge in [-0.25, -0.2) is 9.97 Å². The second kappa shape index (κ2) is 5.63. The molecule has 3 aromatic rings. The van der Waals surface area contributed by atoms with Gasteiger partial charge in [0.2, 0.25) is 5.95 Å². The summed E-state index contributed by atoms with van der Waals surface area (Å²) in [5.74, 6) is 1.08. The molecule has 0 saturated heterocycles. The van der Waals surface area contributed by atoms with Gasteiger partial charge in [-0.15, -0.1) is 0 Å². The predicted molar refractivity (Wildman–Crippen MR) is 83.9 cm³/mol. The molecular weight excluding hydrogens is 262 g/mol. The van der Waals surface area contributed by atoms with Gasteiger partial charge in [-0.05, 0) is 30.3 Å². The molecule has 21 heavy (non-hydrogen) atoms. The molecule has 0 saturated carbocycles. The fourth-order valence-corrected chi connectivity index (χ4v) is 2.13. The van der Waals surface area contributed by atoms with Crippen molar-refractivity contribution in [3.05, 3.63) is 60.7 Å². The van der Waals surface area contributed by atoms with Crippen molar-refractivity contribution >= 4 is 5.95 Å². The van der Waals surface area contributed by atoms with Gasteiger partial charge < -0.3 is 10.5 Å². The number of aromatic nitrogens is 2. The van der Waals surface area contributed by atoms with Crippen molar-refractivity contribution in [1.82, 2.24) is 9.97 Å². The van der Waals surface area contributed by atoms with Crippen LogP contribution in [0, 0.1) is 0 Å². The quantitative estimate of drug-likeness (QED) is 0.797. The zero-order valence-electron chi connectivity index (χ0n) is 11.7. The summed E-state index contributed by atoms with van der Waals surface area (Å²) in [5, 5.41) is 0. The summed E-state index contributed by atoms with van der Waals surface area (Å²) < 4.78 is 5.16. The highest BCUT2D eigenvalue weighted by molar-refractivity contribution is 5.69. The van der Waals surface area contributed by atoms with Gasteiger partial charge in [0.05, 0.1) is 18.5 Å². The lowest BCUT2D eigenvalue weighted by Gasteiger charge is -2.07. The molecule has 0 bridgehead atoms. The lowest BCUT2D eigenvalue weighted by atomic mass is 10.1. The van der Waals surface area contributed by atoms with E-state index in [4.69, 9.17) is 10.5 Å². The number of anilines is 1. The number of benzene rings is 2. The molecule has 0 atom stereocenters. The van der Waals surface area contributed by atoms with Crippen LogP contribution in [0.2, 0.25) is 0 Å². The Morgan fingerprint density at radius 2 is 1.38 bits per heavy atom. The summed E-state index contributed by atoms with van der Waals surface area (Å²) in [6.07, 6.45) is 0. The maximum absolute atomic E-state index is 5.84. The van der Waals surface area contributed by atoms with E-state index >= 15 is 0 Å². The largest absolute Gasteiger partial charge is 0.497 e. The number of ether oxygens (including phenoxy) is 1. The van der Waals surface area contributed by atoms with Crippen molar-refractivity contribution in [1.29, 1.82) is 0 Å². The Hall–Kier alpha value is -2.88. The van der Waals surface area contributed by atoms with Crippen LogP contribution < -0.4 is 10.5 Å². The van der Waals surface area contributed by atoms with Crippen molar-refractivity contribution < 1.29 is 4.74 Å². The Kier molecular flexibility index (Phi) is 3.51. The second-order valence-electron chi connectivity index (χ2n) is 4.59. The monoisotopic (exact) mass is 277 g/mol. The van der Waals surface area contributed by atoms with E-state index in [2.05, 4.69) is 9.97 Å². The maximum Gasteiger partial charge on any atom is 0.221 e. The molecule has 0 spiro atoms. The minimum absolute atomic E-state index is 0.266. The normalized spacial score (nSPS) is 10.3. The standard InChI is InChI=1S/C17H15N3O/c1-21-14-9-7-13(8-10-14)16-11-15(19-17(18)20-16)12-5-3-2-4-6-12/h2-11H,1H3,(H2,18,19,20). The van der Waals surface area contributed by atoms with Crippen molar-refractivity contribution in [2.24, 2.45) is 0 Å². The van der Waals surface area contributed by atoms with Crippen molar-refractivity contribution in [2.45, 2.75) is 0 Å². The summed E-state index contributed by atoms with van der Waals surface area (Å²) in [4.78, 5) is 8.62. The predicted octanol–water partition coefficient (Wildman–Crippen LogP) is 3.40. The molecule has 3 rings (SSSR count). The van der Waals surface area contributed by atoms with Crippen molar-refractivity contribution in [3.8, 4) is 28.3 Å². The first kappa shape index (κ1) is 13.1. The number of nitrogens with two attached hydrogens (primary N) is 1. The van der Waals surface area contributed by atoms with Crippen molar-refractivity contribution in [3.63, 3.8) is 0 Å². The molecule has 1 aromatic heterocycles. The Morgan fingerprint density at radius 3 is 1.95 bits per heavy atom. The average Bonchev–Trinajstić information content (AvgIpc) is 2.55. The third-order valence-electron chi connectivity index (χ3n) is 3.20. The third kappa shape index (κ3) is 2.84. The topological polar surface area (TPSA) is 61.0 Å². The van der Waals surface area contributed by atoms with Gasteiger partial charge >= 0.3 is 0 Å². The van der Waals surface area contributed by atoms with Crippen LogP contribution in [-0.4, -0.2) is 17.1 Å². The molecule has 0 amide bonds. The molecule has 0 radical (unpaired) electrons. The van der Waals surface area contributed by atoms with E-state index in [0.717, 1.165) is 28.3 Å². The summed E-state index contributed by atoms with van der Waals surface area (Å²) in [7, 11) is 1.64. The molecule has 4 nitrogen and oxygen atoms in total. The van der Waals surface area contributed by atoms with Gasteiger partial charge in [0.15, 0.2) is 0 Å². The molecule has 0 fully saturated rings. The number of hydrogen-bond acceptors (Lipinski definition) is 4. The Balaban J connectivity index is 2.05. The van der Waals surface area contributed by atoms with Crippen LogP contribution in [0.5, 0.6) is 5.75 Å². The second-order valence-corrected chi connectivity index (χ2v) is 4.59. The van der Waals surface area contributed by atoms with E-state index in [9.17, 15) is 0 Å². The van der Waals surface area contributed by atoms with Crippen molar-refractivity contribution in [2.75, 3.05) is 12.8 Å². The van der Waals surface area contributed by atoms with Gasteiger partial charge in [0.1, 0.15) is 5.75 Å². The zero-order valence-corrected chi connectivity index (χ0v) is 11.7. The average molecular weight is 277 g/mol. The molecule has 1 heterocycles. The fraction of sp³-hybridized carbons (Fsp3) is 0.0588. The van der Waals surface area contributed by atoms with E-state index < -0.39 is 0 Å². The van der Waals surface area contributed by atoms with E-state index in [1.54, 1.807) is 7.11 Å². The van der Waals surface area contributed by atoms with Crippen LogP contribution in [0.3, 0.4) is 0 Å². The minimum atomic E-state index is 0.266. The Labute approximate surface area is 123 Å². The molecule has 104 valence electrons. The fourth-order valence-electron chi connectivity index (χ4n) is 2.13. The highest BCUT2D eigenvalue weighted by atomic mass is 16.5. The molecule has 0 unspecified atom stereocenters. The van der Waals surface area contributed by atoms with Crippen LogP contribution in [-0.2, 0) is 0 Å². The highest BCUT2D eigenvalue weighted by Gasteiger charge is 2.07. The molecule has 2 N–H and O–H groups in total.